The molecular formula is C10H18N2O3. The van der Waals surface area contributed by atoms with Crippen LogP contribution in [0, 0.1) is 5.92 Å². The van der Waals surface area contributed by atoms with Crippen LogP contribution in [0.2, 0.25) is 0 Å². The largest absolute Gasteiger partial charge is 0.459 e. The van der Waals surface area contributed by atoms with E-state index in [0.717, 1.165) is 25.9 Å². The van der Waals surface area contributed by atoms with Crippen LogP contribution in [0.5, 0.6) is 0 Å². The van der Waals surface area contributed by atoms with Gasteiger partial charge in [0.05, 0.1) is 6.61 Å². The fourth-order valence-electron chi connectivity index (χ4n) is 1.60. The quantitative estimate of drug-likeness (QED) is 0.498. The Balaban J connectivity index is 2.17. The molecule has 86 valence electrons. The summed E-state index contributed by atoms with van der Waals surface area (Å²) in [6.45, 7) is 4.41. The van der Waals surface area contributed by atoms with E-state index in [1.54, 1.807) is 6.92 Å². The van der Waals surface area contributed by atoms with Crippen LogP contribution in [0.1, 0.15) is 19.8 Å². The average Bonchev–Trinajstić information content (AvgIpc) is 2.27. The zero-order chi connectivity index (χ0) is 11.1. The van der Waals surface area contributed by atoms with Gasteiger partial charge in [-0.3, -0.25) is 4.79 Å². The first-order valence-corrected chi connectivity index (χ1v) is 5.39. The Morgan fingerprint density at radius 1 is 1.53 bits per heavy atom. The van der Waals surface area contributed by atoms with Crippen molar-refractivity contribution in [3.05, 3.63) is 0 Å². The number of nitrogens with one attached hydrogen (secondary N) is 2. The molecule has 1 heterocycles. The number of hydrogen-bond acceptors (Lipinski definition) is 4. The van der Waals surface area contributed by atoms with Crippen molar-refractivity contribution in [2.45, 2.75) is 19.8 Å². The van der Waals surface area contributed by atoms with Crippen molar-refractivity contribution >= 4 is 11.9 Å². The Bertz CT molecular complexity index is 225. The molecule has 0 radical (unpaired) electrons. The van der Waals surface area contributed by atoms with E-state index in [0.29, 0.717) is 12.5 Å². The third-order valence-corrected chi connectivity index (χ3v) is 2.41. The predicted octanol–water partition coefficient (Wildman–Crippen LogP) is -0.335. The van der Waals surface area contributed by atoms with E-state index in [1.807, 2.05) is 0 Å². The van der Waals surface area contributed by atoms with Crippen molar-refractivity contribution < 1.29 is 14.3 Å². The summed E-state index contributed by atoms with van der Waals surface area (Å²) >= 11 is 0. The maximum Gasteiger partial charge on any atom is 0.396 e. The Morgan fingerprint density at radius 2 is 2.33 bits per heavy atom. The van der Waals surface area contributed by atoms with E-state index in [1.165, 1.54) is 0 Å². The van der Waals surface area contributed by atoms with E-state index in [-0.39, 0.29) is 6.61 Å². The first-order chi connectivity index (χ1) is 7.24. The van der Waals surface area contributed by atoms with Crippen molar-refractivity contribution in [3.8, 4) is 0 Å². The number of carbonyl (C=O) groups is 2. The second-order valence-electron chi connectivity index (χ2n) is 3.64. The van der Waals surface area contributed by atoms with Gasteiger partial charge in [0.1, 0.15) is 0 Å². The SMILES string of the molecule is CCOC(=O)C(=O)NCC1CCCNC1. The molecule has 1 aliphatic heterocycles. The molecule has 5 heteroatoms. The van der Waals surface area contributed by atoms with E-state index < -0.39 is 11.9 Å². The smallest absolute Gasteiger partial charge is 0.396 e. The molecule has 0 aliphatic carbocycles. The molecule has 0 spiro atoms. The van der Waals surface area contributed by atoms with Gasteiger partial charge in [0.25, 0.3) is 0 Å². The summed E-state index contributed by atoms with van der Waals surface area (Å²) < 4.78 is 4.58. The molecule has 1 atom stereocenters. The lowest BCUT2D eigenvalue weighted by atomic mass is 10.00. The Morgan fingerprint density at radius 3 is 2.93 bits per heavy atom. The molecule has 0 aromatic heterocycles. The molecule has 1 fully saturated rings. The lowest BCUT2D eigenvalue weighted by Gasteiger charge is -2.22. The number of ether oxygens (including phenoxy) is 1. The van der Waals surface area contributed by atoms with Gasteiger partial charge in [-0.15, -0.1) is 0 Å². The Hall–Kier alpha value is -1.10. The number of piperidine rings is 1. The van der Waals surface area contributed by atoms with Gasteiger partial charge < -0.3 is 15.4 Å². The van der Waals surface area contributed by atoms with E-state index in [4.69, 9.17) is 0 Å². The molecule has 15 heavy (non-hydrogen) atoms. The summed E-state index contributed by atoms with van der Waals surface area (Å²) in [5, 5.41) is 5.83. The summed E-state index contributed by atoms with van der Waals surface area (Å²) in [7, 11) is 0. The lowest BCUT2D eigenvalue weighted by molar-refractivity contribution is -0.154. The van der Waals surface area contributed by atoms with Crippen molar-refractivity contribution in [3.63, 3.8) is 0 Å². The Kier molecular flexibility index (Phi) is 5.10. The molecule has 1 saturated heterocycles. The van der Waals surface area contributed by atoms with Gasteiger partial charge >= 0.3 is 11.9 Å². The zero-order valence-corrected chi connectivity index (χ0v) is 9.04. The highest BCUT2D eigenvalue weighted by Gasteiger charge is 2.18. The topological polar surface area (TPSA) is 67.4 Å². The van der Waals surface area contributed by atoms with Crippen molar-refractivity contribution in [1.82, 2.24) is 10.6 Å². The zero-order valence-electron chi connectivity index (χ0n) is 9.04. The summed E-state index contributed by atoms with van der Waals surface area (Å²) in [6, 6.07) is 0. The van der Waals surface area contributed by atoms with E-state index in [9.17, 15) is 9.59 Å². The van der Waals surface area contributed by atoms with Gasteiger partial charge in [-0.05, 0) is 38.8 Å². The van der Waals surface area contributed by atoms with Crippen molar-refractivity contribution in [2.75, 3.05) is 26.2 Å². The molecule has 1 aliphatic rings. The van der Waals surface area contributed by atoms with Crippen LogP contribution in [-0.4, -0.2) is 38.1 Å². The maximum atomic E-state index is 11.2. The van der Waals surface area contributed by atoms with Gasteiger partial charge in [0.15, 0.2) is 0 Å². The van der Waals surface area contributed by atoms with Crippen LogP contribution in [0.15, 0.2) is 0 Å². The highest BCUT2D eigenvalue weighted by molar-refractivity contribution is 6.32. The number of esters is 1. The molecule has 5 nitrogen and oxygen atoms in total. The minimum atomic E-state index is -0.790. The van der Waals surface area contributed by atoms with Crippen LogP contribution in [0.4, 0.5) is 0 Å². The molecule has 0 aromatic carbocycles. The first-order valence-electron chi connectivity index (χ1n) is 5.39. The molecule has 1 rings (SSSR count). The van der Waals surface area contributed by atoms with Crippen LogP contribution in [0.3, 0.4) is 0 Å². The van der Waals surface area contributed by atoms with Gasteiger partial charge in [0, 0.05) is 6.54 Å². The third kappa shape index (κ3) is 4.29. The highest BCUT2D eigenvalue weighted by atomic mass is 16.5. The summed E-state index contributed by atoms with van der Waals surface area (Å²) in [5.41, 5.74) is 0. The van der Waals surface area contributed by atoms with Gasteiger partial charge in [-0.1, -0.05) is 0 Å². The molecule has 1 unspecified atom stereocenters. The van der Waals surface area contributed by atoms with Crippen molar-refractivity contribution in [2.24, 2.45) is 5.92 Å². The monoisotopic (exact) mass is 214 g/mol. The molecule has 1 amide bonds. The van der Waals surface area contributed by atoms with E-state index in [2.05, 4.69) is 15.4 Å². The number of carbonyl (C=O) groups excluding carboxylic acids is 2. The average molecular weight is 214 g/mol. The van der Waals surface area contributed by atoms with Gasteiger partial charge in [0.2, 0.25) is 0 Å². The third-order valence-electron chi connectivity index (χ3n) is 2.41. The van der Waals surface area contributed by atoms with Gasteiger partial charge in [-0.25, -0.2) is 4.79 Å². The first kappa shape index (κ1) is 12.0. The molecule has 0 aromatic rings. The van der Waals surface area contributed by atoms with Crippen LogP contribution in [0.25, 0.3) is 0 Å². The maximum absolute atomic E-state index is 11.2. The lowest BCUT2D eigenvalue weighted by Crippen LogP contribution is -2.40. The number of amides is 1. The fourth-order valence-corrected chi connectivity index (χ4v) is 1.60. The molecular weight excluding hydrogens is 196 g/mol. The van der Waals surface area contributed by atoms with Crippen molar-refractivity contribution in [1.29, 1.82) is 0 Å². The second-order valence-corrected chi connectivity index (χ2v) is 3.64. The summed E-state index contributed by atoms with van der Waals surface area (Å²) in [5.74, 6) is -0.999. The van der Waals surface area contributed by atoms with Crippen LogP contribution in [-0.2, 0) is 14.3 Å². The summed E-state index contributed by atoms with van der Waals surface area (Å²) in [4.78, 5) is 22.1. The fraction of sp³-hybridized carbons (Fsp3) is 0.800. The normalized spacial score (nSPS) is 20.7. The highest BCUT2D eigenvalue weighted by Crippen LogP contribution is 2.07. The van der Waals surface area contributed by atoms with Gasteiger partial charge in [-0.2, -0.15) is 0 Å². The minimum Gasteiger partial charge on any atom is -0.459 e. The number of hydrogen-bond donors (Lipinski definition) is 2. The molecule has 0 saturated carbocycles. The minimum absolute atomic E-state index is 0.233. The van der Waals surface area contributed by atoms with Crippen LogP contribution < -0.4 is 10.6 Å². The summed E-state index contributed by atoms with van der Waals surface area (Å²) in [6.07, 6.45) is 2.22. The predicted molar refractivity (Wildman–Crippen MR) is 55.2 cm³/mol. The number of rotatable bonds is 3. The molecule has 0 bridgehead atoms. The standard InChI is InChI=1S/C10H18N2O3/c1-2-15-10(14)9(13)12-7-8-4-3-5-11-6-8/h8,11H,2-7H2,1H3,(H,12,13). The van der Waals surface area contributed by atoms with E-state index >= 15 is 0 Å². The Labute approximate surface area is 89.6 Å². The second kappa shape index (κ2) is 6.40. The van der Waals surface area contributed by atoms with Crippen LogP contribution >= 0.6 is 0 Å². The molecule has 2 N–H and O–H groups in total.